The number of hydrogen-bond donors (Lipinski definition) is 2. The van der Waals surface area contributed by atoms with E-state index in [1.807, 2.05) is 6.92 Å². The van der Waals surface area contributed by atoms with Crippen molar-refractivity contribution in [1.29, 1.82) is 0 Å². The maximum absolute atomic E-state index is 4.61. The van der Waals surface area contributed by atoms with Gasteiger partial charge in [0.05, 0.1) is 0 Å². The Morgan fingerprint density at radius 2 is 1.90 bits per heavy atom. The van der Waals surface area contributed by atoms with Crippen molar-refractivity contribution in [2.45, 2.75) is 58.5 Å². The van der Waals surface area contributed by atoms with Crippen LogP contribution in [0.15, 0.2) is 0 Å². The van der Waals surface area contributed by atoms with Crippen molar-refractivity contribution in [1.82, 2.24) is 14.9 Å². The molecule has 1 saturated carbocycles. The first-order valence-electron chi connectivity index (χ1n) is 8.27. The highest BCUT2D eigenvalue weighted by atomic mass is 15.2. The molecule has 5 heteroatoms. The van der Waals surface area contributed by atoms with E-state index in [9.17, 15) is 0 Å². The summed E-state index contributed by atoms with van der Waals surface area (Å²) in [5, 5.41) is 7.05. The summed E-state index contributed by atoms with van der Waals surface area (Å²) < 4.78 is 0. The molecule has 0 radical (unpaired) electrons. The summed E-state index contributed by atoms with van der Waals surface area (Å²) in [6.07, 6.45) is 5.10. The fourth-order valence-corrected chi connectivity index (χ4v) is 3.05. The van der Waals surface area contributed by atoms with Crippen LogP contribution < -0.4 is 10.6 Å². The molecule has 0 amide bonds. The van der Waals surface area contributed by atoms with Gasteiger partial charge >= 0.3 is 0 Å². The van der Waals surface area contributed by atoms with Gasteiger partial charge in [-0.25, -0.2) is 9.97 Å². The monoisotopic (exact) mass is 289 g/mol. The van der Waals surface area contributed by atoms with Crippen molar-refractivity contribution in [3.63, 3.8) is 0 Å². The molecule has 21 heavy (non-hydrogen) atoms. The molecular formula is C16H27N5. The van der Waals surface area contributed by atoms with E-state index in [1.165, 1.54) is 25.8 Å². The standard InChI is InChI=1S/C16H27N5/c1-4-8-17-15-11(2)16(19-12(3)18-15)20-13-7-9-21(10-13)14-5-6-14/h13-14H,4-10H2,1-3H3,(H2,17,18,19,20). The first-order chi connectivity index (χ1) is 10.2. The van der Waals surface area contributed by atoms with Crippen LogP contribution in [0, 0.1) is 13.8 Å². The maximum Gasteiger partial charge on any atom is 0.135 e. The van der Waals surface area contributed by atoms with E-state index in [2.05, 4.69) is 39.3 Å². The minimum atomic E-state index is 0.526. The molecule has 2 aliphatic rings. The van der Waals surface area contributed by atoms with Gasteiger partial charge in [-0.3, -0.25) is 4.90 Å². The number of rotatable bonds is 6. The summed E-state index contributed by atoms with van der Waals surface area (Å²) in [6.45, 7) is 9.58. The van der Waals surface area contributed by atoms with Crippen molar-refractivity contribution in [2.24, 2.45) is 0 Å². The summed E-state index contributed by atoms with van der Waals surface area (Å²) in [7, 11) is 0. The summed E-state index contributed by atoms with van der Waals surface area (Å²) in [4.78, 5) is 11.8. The molecule has 0 bridgehead atoms. The van der Waals surface area contributed by atoms with Gasteiger partial charge in [0, 0.05) is 37.3 Å². The predicted molar refractivity (Wildman–Crippen MR) is 86.9 cm³/mol. The number of nitrogens with zero attached hydrogens (tertiary/aromatic N) is 3. The van der Waals surface area contributed by atoms with Crippen LogP contribution in [0.2, 0.25) is 0 Å². The van der Waals surface area contributed by atoms with Crippen LogP contribution >= 0.6 is 0 Å². The van der Waals surface area contributed by atoms with Crippen molar-refractivity contribution in [2.75, 3.05) is 30.3 Å². The van der Waals surface area contributed by atoms with Crippen molar-refractivity contribution < 1.29 is 0 Å². The van der Waals surface area contributed by atoms with E-state index in [0.717, 1.165) is 48.6 Å². The summed E-state index contributed by atoms with van der Waals surface area (Å²) in [5.74, 6) is 2.81. The molecule has 1 aromatic heterocycles. The molecule has 3 rings (SSSR count). The van der Waals surface area contributed by atoms with Gasteiger partial charge in [-0.1, -0.05) is 6.92 Å². The SMILES string of the molecule is CCCNc1nc(C)nc(NC2CCN(C3CC3)C2)c1C. The molecule has 1 aliphatic heterocycles. The lowest BCUT2D eigenvalue weighted by atomic mass is 10.2. The first-order valence-corrected chi connectivity index (χ1v) is 8.27. The fourth-order valence-electron chi connectivity index (χ4n) is 3.05. The number of hydrogen-bond acceptors (Lipinski definition) is 5. The molecule has 0 aromatic carbocycles. The van der Waals surface area contributed by atoms with Crippen LogP contribution in [0.25, 0.3) is 0 Å². The Morgan fingerprint density at radius 3 is 2.62 bits per heavy atom. The molecule has 0 spiro atoms. The van der Waals surface area contributed by atoms with Crippen molar-refractivity contribution in [3.05, 3.63) is 11.4 Å². The number of aromatic nitrogens is 2. The van der Waals surface area contributed by atoms with Gasteiger partial charge in [-0.15, -0.1) is 0 Å². The van der Waals surface area contributed by atoms with E-state index in [4.69, 9.17) is 0 Å². The Balaban J connectivity index is 1.68. The molecule has 1 atom stereocenters. The molecular weight excluding hydrogens is 262 g/mol. The second-order valence-corrected chi connectivity index (χ2v) is 6.38. The summed E-state index contributed by atoms with van der Waals surface area (Å²) in [5.41, 5.74) is 1.14. The molecule has 2 fully saturated rings. The first kappa shape index (κ1) is 14.6. The minimum Gasteiger partial charge on any atom is -0.370 e. The second-order valence-electron chi connectivity index (χ2n) is 6.38. The van der Waals surface area contributed by atoms with Crippen LogP contribution in [-0.2, 0) is 0 Å². The zero-order valence-electron chi connectivity index (χ0n) is 13.4. The topological polar surface area (TPSA) is 53.1 Å². The highest BCUT2D eigenvalue weighted by Gasteiger charge is 2.34. The van der Waals surface area contributed by atoms with Gasteiger partial charge < -0.3 is 10.6 Å². The van der Waals surface area contributed by atoms with E-state index >= 15 is 0 Å². The van der Waals surface area contributed by atoms with Crippen LogP contribution in [-0.4, -0.2) is 46.6 Å². The summed E-state index contributed by atoms with van der Waals surface area (Å²) >= 11 is 0. The number of nitrogens with one attached hydrogen (secondary N) is 2. The zero-order valence-corrected chi connectivity index (χ0v) is 13.4. The average Bonchev–Trinajstić information content (AvgIpc) is 3.21. The van der Waals surface area contributed by atoms with Crippen LogP contribution in [0.1, 0.15) is 44.0 Å². The lowest BCUT2D eigenvalue weighted by Gasteiger charge is -2.19. The molecule has 2 heterocycles. The average molecular weight is 289 g/mol. The molecule has 2 N–H and O–H groups in total. The van der Waals surface area contributed by atoms with Gasteiger partial charge in [0.15, 0.2) is 0 Å². The molecule has 1 unspecified atom stereocenters. The molecule has 116 valence electrons. The van der Waals surface area contributed by atoms with Gasteiger partial charge in [0.1, 0.15) is 17.5 Å². The van der Waals surface area contributed by atoms with Gasteiger partial charge in [0.2, 0.25) is 0 Å². The Bertz CT molecular complexity index is 498. The maximum atomic E-state index is 4.61. The lowest BCUT2D eigenvalue weighted by molar-refractivity contribution is 0.326. The zero-order chi connectivity index (χ0) is 14.8. The van der Waals surface area contributed by atoms with Crippen molar-refractivity contribution in [3.8, 4) is 0 Å². The van der Waals surface area contributed by atoms with Crippen LogP contribution in [0.3, 0.4) is 0 Å². The Labute approximate surface area is 127 Å². The Hall–Kier alpha value is -1.36. The largest absolute Gasteiger partial charge is 0.370 e. The Morgan fingerprint density at radius 1 is 1.14 bits per heavy atom. The molecule has 1 aliphatic carbocycles. The third-order valence-corrected chi connectivity index (χ3v) is 4.42. The molecule has 1 saturated heterocycles. The minimum absolute atomic E-state index is 0.526. The summed E-state index contributed by atoms with van der Waals surface area (Å²) in [6, 6.07) is 1.39. The van der Waals surface area contributed by atoms with E-state index in [1.54, 1.807) is 0 Å². The third kappa shape index (κ3) is 3.46. The van der Waals surface area contributed by atoms with Crippen LogP contribution in [0.5, 0.6) is 0 Å². The van der Waals surface area contributed by atoms with Gasteiger partial charge in [0.25, 0.3) is 0 Å². The molecule has 5 nitrogen and oxygen atoms in total. The Kier molecular flexibility index (Phi) is 4.29. The second kappa shape index (κ2) is 6.18. The molecule has 1 aromatic rings. The lowest BCUT2D eigenvalue weighted by Crippen LogP contribution is -2.28. The van der Waals surface area contributed by atoms with Gasteiger partial charge in [-0.05, 0) is 39.5 Å². The van der Waals surface area contributed by atoms with Crippen molar-refractivity contribution >= 4 is 11.6 Å². The number of likely N-dealkylation sites (tertiary alicyclic amines) is 1. The third-order valence-electron chi connectivity index (χ3n) is 4.42. The van der Waals surface area contributed by atoms with Crippen LogP contribution in [0.4, 0.5) is 11.6 Å². The quantitative estimate of drug-likeness (QED) is 0.843. The number of anilines is 2. The fraction of sp³-hybridized carbons (Fsp3) is 0.750. The highest BCUT2D eigenvalue weighted by molar-refractivity contribution is 5.57. The van der Waals surface area contributed by atoms with E-state index in [-0.39, 0.29) is 0 Å². The van der Waals surface area contributed by atoms with E-state index in [0.29, 0.717) is 6.04 Å². The smallest absolute Gasteiger partial charge is 0.135 e. The number of aryl methyl sites for hydroxylation is 1. The highest BCUT2D eigenvalue weighted by Crippen LogP contribution is 2.31. The van der Waals surface area contributed by atoms with E-state index < -0.39 is 0 Å². The van der Waals surface area contributed by atoms with Gasteiger partial charge in [-0.2, -0.15) is 0 Å². The normalized spacial score (nSPS) is 22.5. The predicted octanol–water partition coefficient (Wildman–Crippen LogP) is 2.56.